The summed E-state index contributed by atoms with van der Waals surface area (Å²) in [5.41, 5.74) is 11.7. The van der Waals surface area contributed by atoms with E-state index in [9.17, 15) is 19.2 Å². The average molecular weight is 395 g/mol. The maximum atomic E-state index is 11.8. The Bertz CT molecular complexity index is 701. The summed E-state index contributed by atoms with van der Waals surface area (Å²) >= 11 is 0. The number of unbranched alkanes of at least 4 members (excludes halogenated alkanes) is 2. The molecule has 146 valence electrons. The van der Waals surface area contributed by atoms with Gasteiger partial charge >= 0.3 is 0 Å². The number of hydrazine groups is 1. The molecule has 1 aliphatic heterocycles. The third kappa shape index (κ3) is 7.49. The highest BCUT2D eigenvalue weighted by Crippen LogP contribution is 2.08. The fourth-order valence-corrected chi connectivity index (χ4v) is 2.45. The Hall–Kier alpha value is -2.87. The molecule has 0 bridgehead atoms. The number of carbonyl (C=O) groups excluding carboxylic acids is 4. The number of rotatable bonds is 8. The summed E-state index contributed by atoms with van der Waals surface area (Å²) < 4.78 is 0. The zero-order valence-corrected chi connectivity index (χ0v) is 15.6. The second-order valence-corrected chi connectivity index (χ2v) is 5.99. The van der Waals surface area contributed by atoms with Gasteiger partial charge in [0.2, 0.25) is 11.8 Å². The standard InChI is InChI=1S/C18H22N4O4.ClH/c19-14-7-5-13(6-8-14)12-16(24)21-20-15(23)4-2-1-3-11-22-17(25)9-10-18(22)26;/h5-10H,1-4,11-12,19H2,(H,20,23)(H,21,24);1H. The molecule has 1 aliphatic rings. The van der Waals surface area contributed by atoms with Crippen LogP contribution in [0.1, 0.15) is 31.2 Å². The molecule has 1 aromatic carbocycles. The molecule has 0 saturated carbocycles. The van der Waals surface area contributed by atoms with E-state index >= 15 is 0 Å². The van der Waals surface area contributed by atoms with Crippen molar-refractivity contribution >= 4 is 41.7 Å². The summed E-state index contributed by atoms with van der Waals surface area (Å²) in [6.07, 6.45) is 4.84. The van der Waals surface area contributed by atoms with Gasteiger partial charge in [-0.15, -0.1) is 12.4 Å². The normalized spacial score (nSPS) is 12.7. The van der Waals surface area contributed by atoms with Crippen molar-refractivity contribution in [3.05, 3.63) is 42.0 Å². The number of hydrogen-bond acceptors (Lipinski definition) is 5. The first-order chi connectivity index (χ1) is 12.5. The van der Waals surface area contributed by atoms with Crippen molar-refractivity contribution in [1.82, 2.24) is 15.8 Å². The van der Waals surface area contributed by atoms with E-state index < -0.39 is 0 Å². The molecule has 1 heterocycles. The quantitative estimate of drug-likeness (QED) is 0.261. The number of amides is 4. The zero-order chi connectivity index (χ0) is 18.9. The van der Waals surface area contributed by atoms with Crippen LogP contribution in [0.3, 0.4) is 0 Å². The third-order valence-electron chi connectivity index (χ3n) is 3.87. The molecule has 0 aliphatic carbocycles. The van der Waals surface area contributed by atoms with Gasteiger partial charge in [0.15, 0.2) is 0 Å². The van der Waals surface area contributed by atoms with E-state index in [0.29, 0.717) is 31.5 Å². The van der Waals surface area contributed by atoms with Gasteiger partial charge in [-0.3, -0.25) is 34.9 Å². The lowest BCUT2D eigenvalue weighted by atomic mass is 10.1. The van der Waals surface area contributed by atoms with Crippen LogP contribution in [0.15, 0.2) is 36.4 Å². The topological polar surface area (TPSA) is 122 Å². The molecule has 0 saturated heterocycles. The Morgan fingerprint density at radius 1 is 0.889 bits per heavy atom. The predicted octanol–water partition coefficient (Wildman–Crippen LogP) is 0.866. The van der Waals surface area contributed by atoms with Gasteiger partial charge in [-0.2, -0.15) is 0 Å². The Morgan fingerprint density at radius 2 is 1.48 bits per heavy atom. The number of anilines is 1. The van der Waals surface area contributed by atoms with Crippen LogP contribution in [0.25, 0.3) is 0 Å². The third-order valence-corrected chi connectivity index (χ3v) is 3.87. The molecule has 0 atom stereocenters. The van der Waals surface area contributed by atoms with E-state index in [0.717, 1.165) is 5.56 Å². The minimum absolute atomic E-state index is 0. The van der Waals surface area contributed by atoms with Gasteiger partial charge in [0.05, 0.1) is 6.42 Å². The van der Waals surface area contributed by atoms with Crippen molar-refractivity contribution in [2.24, 2.45) is 0 Å². The summed E-state index contributed by atoms with van der Waals surface area (Å²) in [4.78, 5) is 47.4. The predicted molar refractivity (Wildman–Crippen MR) is 102 cm³/mol. The SMILES string of the molecule is Cl.Nc1ccc(CC(=O)NNC(=O)CCCCCN2C(=O)C=CC2=O)cc1. The van der Waals surface area contributed by atoms with Crippen molar-refractivity contribution in [1.29, 1.82) is 0 Å². The zero-order valence-electron chi connectivity index (χ0n) is 14.8. The fraction of sp³-hybridized carbons (Fsp3) is 0.333. The largest absolute Gasteiger partial charge is 0.399 e. The van der Waals surface area contributed by atoms with Gasteiger partial charge in [-0.1, -0.05) is 18.6 Å². The van der Waals surface area contributed by atoms with E-state index in [-0.39, 0.29) is 48.9 Å². The van der Waals surface area contributed by atoms with Crippen molar-refractivity contribution in [2.75, 3.05) is 12.3 Å². The first-order valence-electron chi connectivity index (χ1n) is 8.41. The Kier molecular flexibility index (Phi) is 9.01. The molecule has 0 radical (unpaired) electrons. The molecule has 0 fully saturated rings. The summed E-state index contributed by atoms with van der Waals surface area (Å²) in [7, 11) is 0. The molecule has 27 heavy (non-hydrogen) atoms. The fourth-order valence-electron chi connectivity index (χ4n) is 2.45. The first kappa shape index (κ1) is 22.2. The highest BCUT2D eigenvalue weighted by molar-refractivity contribution is 6.12. The van der Waals surface area contributed by atoms with Gasteiger partial charge in [-0.25, -0.2) is 0 Å². The van der Waals surface area contributed by atoms with Crippen LogP contribution in [0, 0.1) is 0 Å². The highest BCUT2D eigenvalue weighted by atomic mass is 35.5. The Balaban J connectivity index is 0.00000364. The van der Waals surface area contributed by atoms with Crippen LogP contribution in [-0.2, 0) is 25.6 Å². The van der Waals surface area contributed by atoms with E-state index in [4.69, 9.17) is 5.73 Å². The summed E-state index contributed by atoms with van der Waals surface area (Å²) in [5.74, 6) is -1.19. The van der Waals surface area contributed by atoms with E-state index in [1.165, 1.54) is 17.1 Å². The lowest BCUT2D eigenvalue weighted by Crippen LogP contribution is -2.42. The molecule has 4 amide bonds. The maximum absolute atomic E-state index is 11.8. The second-order valence-electron chi connectivity index (χ2n) is 5.99. The number of halogens is 1. The molecule has 1 aromatic rings. The van der Waals surface area contributed by atoms with Crippen LogP contribution in [-0.4, -0.2) is 35.1 Å². The average Bonchev–Trinajstić information content (AvgIpc) is 2.93. The van der Waals surface area contributed by atoms with Crippen LogP contribution in [0.2, 0.25) is 0 Å². The molecule has 9 heteroatoms. The number of nitrogens with one attached hydrogen (secondary N) is 2. The minimum Gasteiger partial charge on any atom is -0.399 e. The van der Waals surface area contributed by atoms with Gasteiger partial charge in [0.1, 0.15) is 0 Å². The monoisotopic (exact) mass is 394 g/mol. The number of nitrogens with zero attached hydrogens (tertiary/aromatic N) is 1. The summed E-state index contributed by atoms with van der Waals surface area (Å²) in [6.45, 7) is 0.352. The molecule has 2 rings (SSSR count). The van der Waals surface area contributed by atoms with Crippen LogP contribution >= 0.6 is 12.4 Å². The summed E-state index contributed by atoms with van der Waals surface area (Å²) in [5, 5.41) is 0. The lowest BCUT2D eigenvalue weighted by molar-refractivity contribution is -0.137. The van der Waals surface area contributed by atoms with Crippen LogP contribution in [0.4, 0.5) is 5.69 Å². The molecule has 0 unspecified atom stereocenters. The van der Waals surface area contributed by atoms with Crippen LogP contribution < -0.4 is 16.6 Å². The molecule has 0 spiro atoms. The van der Waals surface area contributed by atoms with Crippen molar-refractivity contribution < 1.29 is 19.2 Å². The first-order valence-corrected chi connectivity index (χ1v) is 8.41. The Morgan fingerprint density at radius 3 is 2.11 bits per heavy atom. The number of nitrogens with two attached hydrogens (primary N) is 1. The molecular formula is C18H23ClN4O4. The van der Waals surface area contributed by atoms with E-state index in [2.05, 4.69) is 10.9 Å². The Labute approximate surface area is 163 Å². The number of imide groups is 1. The van der Waals surface area contributed by atoms with Crippen molar-refractivity contribution in [2.45, 2.75) is 32.1 Å². The lowest BCUT2D eigenvalue weighted by Gasteiger charge is -2.13. The molecule has 0 aromatic heterocycles. The van der Waals surface area contributed by atoms with Crippen molar-refractivity contribution in [3.8, 4) is 0 Å². The number of nitrogen functional groups attached to an aromatic ring is 1. The van der Waals surface area contributed by atoms with Crippen LogP contribution in [0.5, 0.6) is 0 Å². The summed E-state index contributed by atoms with van der Waals surface area (Å²) in [6, 6.07) is 6.92. The highest BCUT2D eigenvalue weighted by Gasteiger charge is 2.22. The molecule has 4 N–H and O–H groups in total. The maximum Gasteiger partial charge on any atom is 0.253 e. The van der Waals surface area contributed by atoms with E-state index in [1.54, 1.807) is 24.3 Å². The van der Waals surface area contributed by atoms with Gasteiger partial charge in [0.25, 0.3) is 11.8 Å². The van der Waals surface area contributed by atoms with Crippen molar-refractivity contribution in [3.63, 3.8) is 0 Å². The number of hydrogen-bond donors (Lipinski definition) is 3. The van der Waals surface area contributed by atoms with Gasteiger partial charge < -0.3 is 5.73 Å². The van der Waals surface area contributed by atoms with Gasteiger partial charge in [0, 0.05) is 30.8 Å². The molecule has 8 nitrogen and oxygen atoms in total. The van der Waals surface area contributed by atoms with E-state index in [1.807, 2.05) is 0 Å². The minimum atomic E-state index is -0.318. The number of carbonyl (C=O) groups is 4. The van der Waals surface area contributed by atoms with Gasteiger partial charge in [-0.05, 0) is 30.5 Å². The number of benzene rings is 1. The second kappa shape index (κ2) is 11.0. The smallest absolute Gasteiger partial charge is 0.253 e. The molecular weight excluding hydrogens is 372 g/mol.